The topological polar surface area (TPSA) is 29.0 Å². The van der Waals surface area contributed by atoms with Crippen LogP contribution in [0.15, 0.2) is 48.7 Å². The van der Waals surface area contributed by atoms with Gasteiger partial charge in [0, 0.05) is 22.5 Å². The van der Waals surface area contributed by atoms with Crippen LogP contribution in [0, 0.1) is 5.92 Å². The lowest BCUT2D eigenvalue weighted by Crippen LogP contribution is -2.32. The molecule has 0 unspecified atom stereocenters. The summed E-state index contributed by atoms with van der Waals surface area (Å²) in [6.45, 7) is 5.74. The maximum absolute atomic E-state index is 6.03. The Morgan fingerprint density at radius 3 is 2.60 bits per heavy atom. The Hall–Kier alpha value is -1.97. The van der Waals surface area contributed by atoms with Gasteiger partial charge in [0.15, 0.2) is 0 Å². The van der Waals surface area contributed by atoms with E-state index in [1.165, 1.54) is 31.5 Å². The fourth-order valence-corrected chi connectivity index (χ4v) is 3.67. The molecule has 0 N–H and O–H groups in total. The van der Waals surface area contributed by atoms with E-state index in [1.807, 2.05) is 30.5 Å². The number of fused-ring (bicyclic) bond motifs is 1. The second-order valence-electron chi connectivity index (χ2n) is 7.08. The van der Waals surface area contributed by atoms with E-state index in [9.17, 15) is 0 Å². The lowest BCUT2D eigenvalue weighted by molar-refractivity contribution is 0.185. The number of nitrogens with zero attached hydrogens (tertiary/aromatic N) is 3. The van der Waals surface area contributed by atoms with Crippen molar-refractivity contribution in [3.8, 4) is 11.1 Å². The van der Waals surface area contributed by atoms with Gasteiger partial charge in [-0.3, -0.25) is 4.90 Å². The van der Waals surface area contributed by atoms with Crippen molar-refractivity contribution in [3.63, 3.8) is 0 Å². The molecular formula is C21H22ClN3. The Morgan fingerprint density at radius 1 is 1.08 bits per heavy atom. The van der Waals surface area contributed by atoms with E-state index >= 15 is 0 Å². The molecular weight excluding hydrogens is 330 g/mol. The molecule has 1 fully saturated rings. The third-order valence-electron chi connectivity index (χ3n) is 5.14. The molecule has 25 heavy (non-hydrogen) atoms. The number of aromatic nitrogens is 2. The van der Waals surface area contributed by atoms with Crippen LogP contribution in [0.4, 0.5) is 0 Å². The minimum Gasteiger partial charge on any atom is -0.299 e. The van der Waals surface area contributed by atoms with Gasteiger partial charge in [-0.15, -0.1) is 0 Å². The molecule has 0 radical (unpaired) electrons. The second kappa shape index (κ2) is 7.11. The normalized spacial score (nSPS) is 16.4. The number of hydrogen-bond acceptors (Lipinski definition) is 3. The molecule has 0 amide bonds. The number of piperidine rings is 1. The van der Waals surface area contributed by atoms with Crippen LogP contribution in [0.25, 0.3) is 22.0 Å². The Balaban J connectivity index is 1.67. The van der Waals surface area contributed by atoms with E-state index in [0.29, 0.717) is 0 Å². The van der Waals surface area contributed by atoms with Gasteiger partial charge in [0.2, 0.25) is 0 Å². The summed E-state index contributed by atoms with van der Waals surface area (Å²) in [7, 11) is 0. The fourth-order valence-electron chi connectivity index (χ4n) is 3.54. The molecule has 2 heterocycles. The minimum absolute atomic E-state index is 0.745. The van der Waals surface area contributed by atoms with Crippen molar-refractivity contribution in [2.75, 3.05) is 13.1 Å². The first-order valence-corrected chi connectivity index (χ1v) is 9.29. The maximum Gasteiger partial charge on any atom is 0.0936 e. The van der Waals surface area contributed by atoms with E-state index in [0.717, 1.165) is 39.5 Å². The average Bonchev–Trinajstić information content (AvgIpc) is 2.64. The molecule has 1 aromatic heterocycles. The number of likely N-dealkylation sites (tertiary alicyclic amines) is 1. The van der Waals surface area contributed by atoms with Gasteiger partial charge in [-0.2, -0.15) is 10.2 Å². The molecule has 0 spiro atoms. The van der Waals surface area contributed by atoms with Gasteiger partial charge < -0.3 is 0 Å². The van der Waals surface area contributed by atoms with Crippen molar-refractivity contribution >= 4 is 22.5 Å². The van der Waals surface area contributed by atoms with E-state index < -0.39 is 0 Å². The highest BCUT2D eigenvalue weighted by Gasteiger charge is 2.16. The molecule has 0 bridgehead atoms. The molecule has 3 aromatic rings. The number of rotatable bonds is 3. The summed E-state index contributed by atoms with van der Waals surface area (Å²) < 4.78 is 0. The van der Waals surface area contributed by atoms with Gasteiger partial charge in [-0.25, -0.2) is 0 Å². The third-order valence-corrected chi connectivity index (χ3v) is 5.39. The summed E-state index contributed by atoms with van der Waals surface area (Å²) in [6.07, 6.45) is 4.45. The van der Waals surface area contributed by atoms with Gasteiger partial charge in [-0.05, 0) is 67.2 Å². The first-order valence-electron chi connectivity index (χ1n) is 8.91. The molecule has 1 aliphatic rings. The van der Waals surface area contributed by atoms with E-state index in [4.69, 9.17) is 11.6 Å². The van der Waals surface area contributed by atoms with Gasteiger partial charge in [-0.1, -0.05) is 36.7 Å². The Morgan fingerprint density at radius 2 is 1.84 bits per heavy atom. The largest absolute Gasteiger partial charge is 0.299 e. The number of benzene rings is 2. The van der Waals surface area contributed by atoms with Gasteiger partial charge >= 0.3 is 0 Å². The molecule has 0 atom stereocenters. The number of hydrogen-bond donors (Lipinski definition) is 0. The SMILES string of the molecule is CC1CCN(Cc2ccc3nncc(-c4ccc(Cl)cc4)c3c2)CC1. The fraction of sp³-hybridized carbons (Fsp3) is 0.333. The molecule has 4 heteroatoms. The summed E-state index contributed by atoms with van der Waals surface area (Å²) in [5.74, 6) is 0.861. The van der Waals surface area contributed by atoms with Gasteiger partial charge in [0.1, 0.15) is 0 Å². The molecule has 0 aliphatic carbocycles. The van der Waals surface area contributed by atoms with Crippen LogP contribution in [0.5, 0.6) is 0 Å². The predicted molar refractivity (Wildman–Crippen MR) is 104 cm³/mol. The van der Waals surface area contributed by atoms with Crippen LogP contribution in [0.2, 0.25) is 5.02 Å². The highest BCUT2D eigenvalue weighted by atomic mass is 35.5. The first-order chi connectivity index (χ1) is 12.2. The van der Waals surface area contributed by atoms with Crippen molar-refractivity contribution in [1.29, 1.82) is 0 Å². The molecule has 4 rings (SSSR count). The summed E-state index contributed by atoms with van der Waals surface area (Å²) in [4.78, 5) is 2.55. The third kappa shape index (κ3) is 3.68. The smallest absolute Gasteiger partial charge is 0.0936 e. The molecule has 0 saturated carbocycles. The summed E-state index contributed by atoms with van der Waals surface area (Å²) in [6, 6.07) is 14.5. The standard InChI is InChI=1S/C21H22ClN3/c1-15-8-10-25(11-9-15)14-16-2-7-21-19(12-16)20(13-23-24-21)17-3-5-18(22)6-4-17/h2-7,12-13,15H,8-11,14H2,1H3. The van der Waals surface area contributed by atoms with Crippen LogP contribution in [0.1, 0.15) is 25.3 Å². The molecule has 1 saturated heterocycles. The Bertz CT molecular complexity index is 868. The molecule has 3 nitrogen and oxygen atoms in total. The van der Waals surface area contributed by atoms with Crippen molar-refractivity contribution in [3.05, 3.63) is 59.2 Å². The van der Waals surface area contributed by atoms with Gasteiger partial charge in [0.05, 0.1) is 11.7 Å². The monoisotopic (exact) mass is 351 g/mol. The zero-order chi connectivity index (χ0) is 17.2. The summed E-state index contributed by atoms with van der Waals surface area (Å²) in [5.41, 5.74) is 4.50. The van der Waals surface area contributed by atoms with Crippen molar-refractivity contribution < 1.29 is 0 Å². The van der Waals surface area contributed by atoms with Crippen LogP contribution in [0.3, 0.4) is 0 Å². The molecule has 2 aromatic carbocycles. The van der Waals surface area contributed by atoms with Crippen LogP contribution in [-0.2, 0) is 6.54 Å². The van der Waals surface area contributed by atoms with Crippen molar-refractivity contribution in [2.24, 2.45) is 5.92 Å². The minimum atomic E-state index is 0.745. The van der Waals surface area contributed by atoms with Crippen molar-refractivity contribution in [1.82, 2.24) is 15.1 Å². The van der Waals surface area contributed by atoms with E-state index in [-0.39, 0.29) is 0 Å². The van der Waals surface area contributed by atoms with Gasteiger partial charge in [0.25, 0.3) is 0 Å². The highest BCUT2D eigenvalue weighted by Crippen LogP contribution is 2.29. The van der Waals surface area contributed by atoms with Crippen LogP contribution in [-0.4, -0.2) is 28.2 Å². The molecule has 128 valence electrons. The maximum atomic E-state index is 6.03. The lowest BCUT2D eigenvalue weighted by Gasteiger charge is -2.30. The highest BCUT2D eigenvalue weighted by molar-refractivity contribution is 6.30. The Labute approximate surface area is 153 Å². The van der Waals surface area contributed by atoms with Crippen LogP contribution >= 0.6 is 11.6 Å². The Kier molecular flexibility index (Phi) is 4.69. The van der Waals surface area contributed by atoms with E-state index in [1.54, 1.807) is 0 Å². The quantitative estimate of drug-likeness (QED) is 0.650. The van der Waals surface area contributed by atoms with Crippen LogP contribution < -0.4 is 0 Å². The average molecular weight is 352 g/mol. The summed E-state index contributed by atoms with van der Waals surface area (Å²) >= 11 is 6.03. The lowest BCUT2D eigenvalue weighted by atomic mass is 9.98. The number of halogens is 1. The molecule has 1 aliphatic heterocycles. The summed E-state index contributed by atoms with van der Waals surface area (Å²) in [5, 5.41) is 10.4. The predicted octanol–water partition coefficient (Wildman–Crippen LogP) is 5.18. The first kappa shape index (κ1) is 16.5. The van der Waals surface area contributed by atoms with E-state index in [2.05, 4.69) is 40.2 Å². The second-order valence-corrected chi connectivity index (χ2v) is 7.51. The zero-order valence-corrected chi connectivity index (χ0v) is 15.2. The zero-order valence-electron chi connectivity index (χ0n) is 14.5. The van der Waals surface area contributed by atoms with Crippen molar-refractivity contribution in [2.45, 2.75) is 26.3 Å².